The lowest BCUT2D eigenvalue weighted by Gasteiger charge is -2.37. The number of benzene rings is 1. The summed E-state index contributed by atoms with van der Waals surface area (Å²) in [5.74, 6) is 0.0928. The molecule has 2 heterocycles. The third-order valence-electron chi connectivity index (χ3n) is 4.77. The summed E-state index contributed by atoms with van der Waals surface area (Å²) in [6, 6.07) is 10.6. The number of piperazine rings is 1. The molecule has 1 fully saturated rings. The van der Waals surface area contributed by atoms with Crippen molar-refractivity contribution in [2.45, 2.75) is 25.4 Å². The first-order chi connectivity index (χ1) is 12.9. The van der Waals surface area contributed by atoms with Crippen molar-refractivity contribution in [2.75, 3.05) is 31.1 Å². The Morgan fingerprint density at radius 2 is 1.78 bits per heavy atom. The maximum absolute atomic E-state index is 12.9. The van der Waals surface area contributed by atoms with Gasteiger partial charge in [-0.15, -0.1) is 0 Å². The fourth-order valence-corrected chi connectivity index (χ4v) is 3.29. The number of hydrogen-bond acceptors (Lipinski definition) is 4. The summed E-state index contributed by atoms with van der Waals surface area (Å²) in [5, 5.41) is 0. The Morgan fingerprint density at radius 1 is 1.11 bits per heavy atom. The van der Waals surface area contributed by atoms with Crippen LogP contribution < -0.4 is 4.90 Å². The van der Waals surface area contributed by atoms with E-state index in [2.05, 4.69) is 9.97 Å². The Balaban J connectivity index is 1.66. The lowest BCUT2D eigenvalue weighted by molar-refractivity contribution is -0.141. The number of alkyl halides is 3. The number of halogens is 3. The highest BCUT2D eigenvalue weighted by atomic mass is 19.4. The molecule has 0 spiro atoms. The van der Waals surface area contributed by atoms with Gasteiger partial charge < -0.3 is 9.80 Å². The Labute approximate surface area is 155 Å². The second-order valence-corrected chi connectivity index (χ2v) is 6.44. The van der Waals surface area contributed by atoms with Gasteiger partial charge in [-0.2, -0.15) is 13.2 Å². The molecule has 2 aromatic rings. The van der Waals surface area contributed by atoms with Gasteiger partial charge in [-0.1, -0.05) is 37.3 Å². The van der Waals surface area contributed by atoms with Crippen molar-refractivity contribution in [1.29, 1.82) is 0 Å². The normalized spacial score (nSPS) is 16.3. The summed E-state index contributed by atoms with van der Waals surface area (Å²) in [5.41, 5.74) is 0.0270. The molecule has 1 atom stereocenters. The molecule has 1 amide bonds. The van der Waals surface area contributed by atoms with Crippen LogP contribution >= 0.6 is 0 Å². The molecular formula is C19H21F3N4O. The lowest BCUT2D eigenvalue weighted by atomic mass is 9.95. The standard InChI is InChI=1S/C19H21F3N4O/c1-2-15(14-6-4-3-5-7-14)18(27)26-10-8-25(9-11-26)17-12-16(19(20,21)22)23-13-24-17/h3-7,12-13,15H,2,8-11H2,1H3. The molecule has 0 N–H and O–H groups in total. The first-order valence-corrected chi connectivity index (χ1v) is 8.88. The predicted octanol–water partition coefficient (Wildman–Crippen LogP) is 3.34. The van der Waals surface area contributed by atoms with Crippen LogP contribution in [-0.4, -0.2) is 47.0 Å². The van der Waals surface area contributed by atoms with Crippen molar-refractivity contribution in [3.8, 4) is 0 Å². The molecule has 144 valence electrons. The van der Waals surface area contributed by atoms with Gasteiger partial charge in [0.25, 0.3) is 0 Å². The van der Waals surface area contributed by atoms with Crippen LogP contribution in [0, 0.1) is 0 Å². The Hall–Kier alpha value is -2.64. The minimum Gasteiger partial charge on any atom is -0.353 e. The van der Waals surface area contributed by atoms with Gasteiger partial charge in [0.2, 0.25) is 5.91 Å². The summed E-state index contributed by atoms with van der Waals surface area (Å²) >= 11 is 0. The molecule has 27 heavy (non-hydrogen) atoms. The lowest BCUT2D eigenvalue weighted by Crippen LogP contribution is -2.50. The van der Waals surface area contributed by atoms with Crippen LogP contribution in [0.25, 0.3) is 0 Å². The third kappa shape index (κ3) is 4.37. The molecule has 0 bridgehead atoms. The van der Waals surface area contributed by atoms with Crippen LogP contribution in [0.15, 0.2) is 42.7 Å². The average molecular weight is 378 g/mol. The SMILES string of the molecule is CCC(C(=O)N1CCN(c2cc(C(F)(F)F)ncn2)CC1)c1ccccc1. The molecule has 0 saturated carbocycles. The highest BCUT2D eigenvalue weighted by Gasteiger charge is 2.34. The Bertz CT molecular complexity index is 774. The van der Waals surface area contributed by atoms with Gasteiger partial charge in [0.15, 0.2) is 0 Å². The van der Waals surface area contributed by atoms with Crippen LogP contribution in [0.2, 0.25) is 0 Å². The van der Waals surface area contributed by atoms with Gasteiger partial charge in [-0.25, -0.2) is 9.97 Å². The third-order valence-corrected chi connectivity index (χ3v) is 4.77. The van der Waals surface area contributed by atoms with Crippen LogP contribution in [0.5, 0.6) is 0 Å². The summed E-state index contributed by atoms with van der Waals surface area (Å²) in [7, 11) is 0. The molecule has 1 aliphatic rings. The van der Waals surface area contributed by atoms with Crippen molar-refractivity contribution < 1.29 is 18.0 Å². The summed E-state index contributed by atoms with van der Waals surface area (Å²) in [4.78, 5) is 23.7. The van der Waals surface area contributed by atoms with Crippen molar-refractivity contribution >= 4 is 11.7 Å². The molecule has 1 saturated heterocycles. The quantitative estimate of drug-likeness (QED) is 0.819. The number of carbonyl (C=O) groups excluding carboxylic acids is 1. The largest absolute Gasteiger partial charge is 0.433 e. The second kappa shape index (κ2) is 7.94. The van der Waals surface area contributed by atoms with E-state index in [9.17, 15) is 18.0 Å². The van der Waals surface area contributed by atoms with Crippen molar-refractivity contribution in [3.63, 3.8) is 0 Å². The monoisotopic (exact) mass is 378 g/mol. The number of aromatic nitrogens is 2. The van der Waals surface area contributed by atoms with Crippen molar-refractivity contribution in [1.82, 2.24) is 14.9 Å². The highest BCUT2D eigenvalue weighted by molar-refractivity contribution is 5.84. The molecule has 1 aromatic heterocycles. The van der Waals surface area contributed by atoms with Crippen molar-refractivity contribution in [2.24, 2.45) is 0 Å². The Morgan fingerprint density at radius 3 is 2.37 bits per heavy atom. The van der Waals surface area contributed by atoms with Gasteiger partial charge in [0, 0.05) is 32.2 Å². The molecule has 0 aliphatic carbocycles. The van der Waals surface area contributed by atoms with E-state index in [-0.39, 0.29) is 17.6 Å². The van der Waals surface area contributed by atoms with Crippen LogP contribution in [-0.2, 0) is 11.0 Å². The maximum Gasteiger partial charge on any atom is 0.433 e. The fraction of sp³-hybridized carbons (Fsp3) is 0.421. The predicted molar refractivity (Wildman–Crippen MR) is 95.3 cm³/mol. The van der Waals surface area contributed by atoms with Crippen LogP contribution in [0.1, 0.15) is 30.5 Å². The molecule has 5 nitrogen and oxygen atoms in total. The van der Waals surface area contributed by atoms with E-state index in [1.165, 1.54) is 0 Å². The molecular weight excluding hydrogens is 357 g/mol. The molecule has 1 unspecified atom stereocenters. The molecule has 0 radical (unpaired) electrons. The Kier molecular flexibility index (Phi) is 5.62. The number of carbonyl (C=O) groups is 1. The van der Waals surface area contributed by atoms with Crippen LogP contribution in [0.4, 0.5) is 19.0 Å². The number of nitrogens with zero attached hydrogens (tertiary/aromatic N) is 4. The zero-order valence-electron chi connectivity index (χ0n) is 15.0. The first kappa shape index (κ1) is 19.1. The molecule has 1 aromatic carbocycles. The van der Waals surface area contributed by atoms with E-state index in [1.807, 2.05) is 37.3 Å². The number of hydrogen-bond donors (Lipinski definition) is 0. The number of amides is 1. The number of rotatable bonds is 4. The summed E-state index contributed by atoms with van der Waals surface area (Å²) in [6.45, 7) is 3.75. The van der Waals surface area contributed by atoms with Gasteiger partial charge >= 0.3 is 6.18 Å². The molecule has 8 heteroatoms. The average Bonchev–Trinajstić information content (AvgIpc) is 2.69. The molecule has 1 aliphatic heterocycles. The second-order valence-electron chi connectivity index (χ2n) is 6.44. The van der Waals surface area contributed by atoms with E-state index < -0.39 is 11.9 Å². The van der Waals surface area contributed by atoms with E-state index in [0.717, 1.165) is 18.0 Å². The summed E-state index contributed by atoms with van der Waals surface area (Å²) < 4.78 is 38.5. The van der Waals surface area contributed by atoms with Crippen LogP contribution in [0.3, 0.4) is 0 Å². The maximum atomic E-state index is 12.9. The number of anilines is 1. The van der Waals surface area contributed by atoms with E-state index in [1.54, 1.807) is 9.80 Å². The van der Waals surface area contributed by atoms with Crippen molar-refractivity contribution in [3.05, 3.63) is 54.0 Å². The topological polar surface area (TPSA) is 49.3 Å². The smallest absolute Gasteiger partial charge is 0.353 e. The zero-order chi connectivity index (χ0) is 19.4. The minimum absolute atomic E-state index is 0.0574. The van der Waals surface area contributed by atoms with Gasteiger partial charge in [0.05, 0.1) is 5.92 Å². The van der Waals surface area contributed by atoms with Gasteiger partial charge in [0.1, 0.15) is 17.8 Å². The minimum atomic E-state index is -4.50. The fourth-order valence-electron chi connectivity index (χ4n) is 3.29. The van der Waals surface area contributed by atoms with Gasteiger partial charge in [-0.05, 0) is 12.0 Å². The van der Waals surface area contributed by atoms with E-state index >= 15 is 0 Å². The van der Waals surface area contributed by atoms with E-state index in [4.69, 9.17) is 0 Å². The highest BCUT2D eigenvalue weighted by Crippen LogP contribution is 2.29. The van der Waals surface area contributed by atoms with E-state index in [0.29, 0.717) is 32.6 Å². The van der Waals surface area contributed by atoms with Gasteiger partial charge in [-0.3, -0.25) is 4.79 Å². The molecule has 3 rings (SSSR count). The zero-order valence-corrected chi connectivity index (χ0v) is 15.0. The summed E-state index contributed by atoms with van der Waals surface area (Å²) in [6.07, 6.45) is -2.87. The first-order valence-electron chi connectivity index (χ1n) is 8.88.